The molecule has 0 radical (unpaired) electrons. The fourth-order valence-corrected chi connectivity index (χ4v) is 6.79. The molecule has 3 N–H and O–H groups in total. The third kappa shape index (κ3) is 9.13. The van der Waals surface area contributed by atoms with Gasteiger partial charge in [-0.05, 0) is 51.5 Å². The number of sulfonamides is 1. The molecule has 1 saturated carbocycles. The van der Waals surface area contributed by atoms with Gasteiger partial charge in [0.15, 0.2) is 5.15 Å². The summed E-state index contributed by atoms with van der Waals surface area (Å²) in [5.41, 5.74) is -1.66. The van der Waals surface area contributed by atoms with Gasteiger partial charge < -0.3 is 25.0 Å². The second-order valence-electron chi connectivity index (χ2n) is 14.1. The van der Waals surface area contributed by atoms with E-state index in [1.165, 1.54) is 11.0 Å². The van der Waals surface area contributed by atoms with Crippen LogP contribution in [0.25, 0.3) is 10.8 Å². The van der Waals surface area contributed by atoms with Crippen molar-refractivity contribution in [3.05, 3.63) is 42.1 Å². The van der Waals surface area contributed by atoms with Crippen molar-refractivity contribution < 1.29 is 37.1 Å². The van der Waals surface area contributed by atoms with Crippen LogP contribution in [0.3, 0.4) is 0 Å². The molecule has 1 unspecified atom stereocenters. The largest absolute Gasteiger partial charge is 0.471 e. The number of likely N-dealkylation sites (tertiary alicyclic amines) is 1. The molecular formula is C32H43ClN6O8S. The number of amides is 4. The van der Waals surface area contributed by atoms with E-state index in [1.807, 2.05) is 0 Å². The minimum absolute atomic E-state index is 0.0255. The van der Waals surface area contributed by atoms with Gasteiger partial charge in [-0.25, -0.2) is 13.2 Å². The SMILES string of the molecule is C=CCC(NC(=O)[C@@H]1C[C@@H](Oc2nnc(Cl)c3ccccc23)CN1C(=O)[C@@H](NC(=O)OC(C)(C)C)C(C)(C)C)C(=O)NS(=O)(=O)C1CC1. The highest BCUT2D eigenvalue weighted by Gasteiger charge is 2.47. The number of hydrogen-bond acceptors (Lipinski definition) is 10. The Morgan fingerprint density at radius 2 is 1.71 bits per heavy atom. The number of nitrogens with one attached hydrogen (secondary N) is 3. The maximum Gasteiger partial charge on any atom is 0.408 e. The van der Waals surface area contributed by atoms with E-state index in [2.05, 4.69) is 32.1 Å². The van der Waals surface area contributed by atoms with Crippen LogP contribution in [0.5, 0.6) is 5.88 Å². The lowest BCUT2D eigenvalue weighted by molar-refractivity contribution is -0.142. The van der Waals surface area contributed by atoms with Gasteiger partial charge in [0, 0.05) is 17.2 Å². The molecule has 14 nitrogen and oxygen atoms in total. The molecule has 2 aromatic rings. The van der Waals surface area contributed by atoms with Crippen LogP contribution in [0, 0.1) is 5.41 Å². The van der Waals surface area contributed by atoms with E-state index in [-0.39, 0.29) is 30.4 Å². The maximum absolute atomic E-state index is 14.3. The van der Waals surface area contributed by atoms with Gasteiger partial charge in [0.25, 0.3) is 5.91 Å². The number of fused-ring (bicyclic) bond motifs is 1. The van der Waals surface area contributed by atoms with Crippen molar-refractivity contribution in [2.24, 2.45) is 5.41 Å². The molecule has 0 spiro atoms. The Balaban J connectivity index is 1.64. The van der Waals surface area contributed by atoms with Crippen molar-refractivity contribution >= 4 is 56.2 Å². The molecule has 2 fully saturated rings. The average molecular weight is 707 g/mol. The van der Waals surface area contributed by atoms with E-state index >= 15 is 0 Å². The highest BCUT2D eigenvalue weighted by Crippen LogP contribution is 2.32. The monoisotopic (exact) mass is 706 g/mol. The second-order valence-corrected chi connectivity index (χ2v) is 16.4. The van der Waals surface area contributed by atoms with Crippen molar-refractivity contribution in [1.29, 1.82) is 0 Å². The number of benzene rings is 1. The van der Waals surface area contributed by atoms with Gasteiger partial charge in [-0.2, -0.15) is 0 Å². The van der Waals surface area contributed by atoms with Crippen molar-refractivity contribution in [3.8, 4) is 5.88 Å². The van der Waals surface area contributed by atoms with Gasteiger partial charge in [0.1, 0.15) is 29.8 Å². The van der Waals surface area contributed by atoms with Gasteiger partial charge in [-0.3, -0.25) is 19.1 Å². The van der Waals surface area contributed by atoms with E-state index in [0.717, 1.165) is 0 Å². The standard InChI is InChI=1S/C32H43ClN6O8S/c1-8-11-22(26(40)38-48(44,45)19-14-15-19)34-27(41)23-16-18(46-28-21-13-10-9-12-20(21)25(33)36-37-28)17-39(23)29(42)24(31(2,3)4)35-30(43)47-32(5,6)7/h8-10,12-13,18-19,22-24H,1,11,14-17H2,2-7H3,(H,34,41)(H,35,43)(H,38,40)/t18-,22?,23+,24-/m1/s1. The summed E-state index contributed by atoms with van der Waals surface area (Å²) in [5.74, 6) is -2.09. The number of carbonyl (C=O) groups is 4. The van der Waals surface area contributed by atoms with Crippen LogP contribution >= 0.6 is 11.6 Å². The molecule has 4 rings (SSSR count). The van der Waals surface area contributed by atoms with Crippen LogP contribution in [-0.4, -0.2) is 89.0 Å². The first-order valence-electron chi connectivity index (χ1n) is 15.6. The number of aromatic nitrogens is 2. The smallest absolute Gasteiger partial charge is 0.408 e. The molecule has 4 amide bonds. The first kappa shape index (κ1) is 36.8. The molecule has 16 heteroatoms. The summed E-state index contributed by atoms with van der Waals surface area (Å²) in [6.45, 7) is 13.9. The van der Waals surface area contributed by atoms with Gasteiger partial charge in [0.05, 0.1) is 11.8 Å². The number of hydrogen-bond donors (Lipinski definition) is 3. The van der Waals surface area contributed by atoms with Gasteiger partial charge >= 0.3 is 6.09 Å². The zero-order chi connectivity index (χ0) is 35.6. The van der Waals surface area contributed by atoms with Crippen LogP contribution < -0.4 is 20.1 Å². The predicted octanol–water partition coefficient (Wildman–Crippen LogP) is 3.24. The molecular weight excluding hydrogens is 664 g/mol. The molecule has 1 aromatic carbocycles. The average Bonchev–Trinajstić information content (AvgIpc) is 3.76. The number of alkyl carbamates (subject to hydrolysis) is 1. The van der Waals surface area contributed by atoms with Crippen molar-refractivity contribution in [2.45, 2.75) is 102 Å². The molecule has 1 aromatic heterocycles. The fourth-order valence-electron chi connectivity index (χ4n) is 5.25. The molecule has 48 heavy (non-hydrogen) atoms. The van der Waals surface area contributed by atoms with E-state index in [0.29, 0.717) is 23.6 Å². The third-order valence-corrected chi connectivity index (χ3v) is 9.86. The summed E-state index contributed by atoms with van der Waals surface area (Å²) in [4.78, 5) is 55.3. The summed E-state index contributed by atoms with van der Waals surface area (Å²) in [7, 11) is -3.89. The van der Waals surface area contributed by atoms with E-state index in [4.69, 9.17) is 21.1 Å². The predicted molar refractivity (Wildman–Crippen MR) is 179 cm³/mol. The summed E-state index contributed by atoms with van der Waals surface area (Å²) in [6.07, 6.45) is 0.585. The Bertz CT molecular complexity index is 1690. The van der Waals surface area contributed by atoms with Crippen LogP contribution in [0.4, 0.5) is 4.79 Å². The molecule has 1 aliphatic carbocycles. The number of halogens is 1. The molecule has 1 saturated heterocycles. The molecule has 4 atom stereocenters. The Morgan fingerprint density at radius 3 is 2.29 bits per heavy atom. The Kier molecular flexibility index (Phi) is 10.9. The van der Waals surface area contributed by atoms with Gasteiger partial charge in [-0.1, -0.05) is 56.6 Å². The molecule has 2 heterocycles. The minimum Gasteiger partial charge on any atom is -0.471 e. The normalized spacial score (nSPS) is 19.6. The number of ether oxygens (including phenoxy) is 2. The van der Waals surface area contributed by atoms with Crippen LogP contribution in [0.15, 0.2) is 36.9 Å². The summed E-state index contributed by atoms with van der Waals surface area (Å²) in [5, 5.41) is 14.0. The second kappa shape index (κ2) is 14.2. The van der Waals surface area contributed by atoms with E-state index in [1.54, 1.807) is 65.8 Å². The lowest BCUT2D eigenvalue weighted by Gasteiger charge is -2.35. The minimum atomic E-state index is -3.89. The first-order valence-corrected chi connectivity index (χ1v) is 17.6. The topological polar surface area (TPSA) is 186 Å². The molecule has 0 bridgehead atoms. The zero-order valence-electron chi connectivity index (χ0n) is 27.9. The Morgan fingerprint density at radius 1 is 1.06 bits per heavy atom. The summed E-state index contributed by atoms with van der Waals surface area (Å²) >= 11 is 6.24. The van der Waals surface area contributed by atoms with Crippen LogP contribution in [-0.2, 0) is 29.1 Å². The maximum atomic E-state index is 14.3. The molecule has 2 aliphatic rings. The number of rotatable bonds is 11. The Labute approximate surface area is 285 Å². The third-order valence-electron chi connectivity index (χ3n) is 7.75. The first-order chi connectivity index (χ1) is 22.3. The molecule has 1 aliphatic heterocycles. The van der Waals surface area contributed by atoms with Crippen LogP contribution in [0.1, 0.15) is 67.2 Å². The van der Waals surface area contributed by atoms with Crippen molar-refractivity contribution in [2.75, 3.05) is 6.54 Å². The zero-order valence-corrected chi connectivity index (χ0v) is 29.5. The quantitative estimate of drug-likeness (QED) is 0.293. The number of carbonyl (C=O) groups excluding carboxylic acids is 4. The summed E-state index contributed by atoms with van der Waals surface area (Å²) < 4.78 is 38.6. The molecule has 262 valence electrons. The lowest BCUT2D eigenvalue weighted by atomic mass is 9.85. The van der Waals surface area contributed by atoms with Crippen molar-refractivity contribution in [1.82, 2.24) is 30.5 Å². The number of nitrogens with zero attached hydrogens (tertiary/aromatic N) is 3. The fraction of sp³-hybridized carbons (Fsp3) is 0.562. The van der Waals surface area contributed by atoms with E-state index in [9.17, 15) is 27.6 Å². The lowest BCUT2D eigenvalue weighted by Crippen LogP contribution is -2.59. The van der Waals surface area contributed by atoms with Gasteiger partial charge in [0.2, 0.25) is 27.7 Å². The van der Waals surface area contributed by atoms with Crippen molar-refractivity contribution in [3.63, 3.8) is 0 Å². The highest BCUT2D eigenvalue weighted by atomic mass is 35.5. The van der Waals surface area contributed by atoms with E-state index < -0.39 is 74.3 Å². The summed E-state index contributed by atoms with van der Waals surface area (Å²) in [6, 6.07) is 3.47. The highest BCUT2D eigenvalue weighted by molar-refractivity contribution is 7.90. The van der Waals surface area contributed by atoms with Gasteiger partial charge in [-0.15, -0.1) is 16.8 Å². The Hall–Kier alpha value is -3.98. The van der Waals surface area contributed by atoms with Crippen LogP contribution in [0.2, 0.25) is 5.15 Å².